The van der Waals surface area contributed by atoms with Crippen LogP contribution in [0.5, 0.6) is 5.75 Å². The van der Waals surface area contributed by atoms with E-state index in [9.17, 15) is 8.42 Å². The number of aromatic nitrogens is 3. The molecule has 0 aliphatic rings. The van der Waals surface area contributed by atoms with E-state index in [1.165, 1.54) is 0 Å². The Morgan fingerprint density at radius 1 is 1.15 bits per heavy atom. The molecule has 0 atom stereocenters. The number of hydrogen-bond donors (Lipinski definition) is 1. The van der Waals surface area contributed by atoms with Gasteiger partial charge in [-0.1, -0.05) is 6.07 Å². The summed E-state index contributed by atoms with van der Waals surface area (Å²) in [6.45, 7) is 4.94. The molecule has 0 bridgehead atoms. The first-order chi connectivity index (χ1) is 13.0. The Labute approximate surface area is 159 Å². The third-order valence-corrected chi connectivity index (χ3v) is 5.47. The zero-order valence-electron chi connectivity index (χ0n) is 15.3. The molecule has 0 saturated carbocycles. The van der Waals surface area contributed by atoms with Crippen molar-refractivity contribution in [2.75, 3.05) is 13.2 Å². The number of benzene rings is 1. The molecule has 7 nitrogen and oxygen atoms in total. The number of rotatable bonds is 8. The van der Waals surface area contributed by atoms with Crippen molar-refractivity contribution in [3.63, 3.8) is 0 Å². The zero-order chi connectivity index (χ0) is 19.3. The molecule has 2 aromatic heterocycles. The van der Waals surface area contributed by atoms with Gasteiger partial charge in [0.2, 0.25) is 10.0 Å². The van der Waals surface area contributed by atoms with Gasteiger partial charge in [-0.3, -0.25) is 4.98 Å². The van der Waals surface area contributed by atoms with Gasteiger partial charge in [0.1, 0.15) is 11.4 Å². The fraction of sp³-hybridized carbons (Fsp3) is 0.263. The Balaban J connectivity index is 1.67. The van der Waals surface area contributed by atoms with Crippen molar-refractivity contribution >= 4 is 10.0 Å². The highest BCUT2D eigenvalue weighted by molar-refractivity contribution is 7.89. The molecule has 0 fully saturated rings. The van der Waals surface area contributed by atoms with E-state index < -0.39 is 10.0 Å². The number of aryl methyl sites for hydroxylation is 1. The third kappa shape index (κ3) is 4.53. The van der Waals surface area contributed by atoms with E-state index in [4.69, 9.17) is 4.74 Å². The van der Waals surface area contributed by atoms with Crippen LogP contribution < -0.4 is 9.46 Å². The van der Waals surface area contributed by atoms with Gasteiger partial charge in [-0.25, -0.2) is 18.1 Å². The maximum Gasteiger partial charge on any atom is 0.240 e. The number of nitrogens with zero attached hydrogens (tertiary/aromatic N) is 3. The van der Waals surface area contributed by atoms with Crippen LogP contribution in [0.25, 0.3) is 11.5 Å². The molecule has 0 amide bonds. The second kappa shape index (κ2) is 8.32. The monoisotopic (exact) mass is 386 g/mol. The van der Waals surface area contributed by atoms with E-state index in [-0.39, 0.29) is 11.4 Å². The van der Waals surface area contributed by atoms with Crippen molar-refractivity contribution in [3.05, 3.63) is 60.6 Å². The summed E-state index contributed by atoms with van der Waals surface area (Å²) in [5, 5.41) is 0. The number of nitrogens with one attached hydrogen (secondary N) is 1. The van der Waals surface area contributed by atoms with E-state index in [2.05, 4.69) is 14.7 Å². The van der Waals surface area contributed by atoms with E-state index in [0.717, 1.165) is 11.3 Å². The van der Waals surface area contributed by atoms with E-state index in [1.54, 1.807) is 36.8 Å². The van der Waals surface area contributed by atoms with Crippen LogP contribution in [-0.4, -0.2) is 36.1 Å². The van der Waals surface area contributed by atoms with Crippen molar-refractivity contribution in [1.29, 1.82) is 0 Å². The van der Waals surface area contributed by atoms with Gasteiger partial charge in [0.05, 0.1) is 11.5 Å². The second-order valence-electron chi connectivity index (χ2n) is 5.92. The Kier molecular flexibility index (Phi) is 5.88. The third-order valence-electron chi connectivity index (χ3n) is 4.01. The van der Waals surface area contributed by atoms with Crippen LogP contribution in [0.4, 0.5) is 0 Å². The quantitative estimate of drug-likeness (QED) is 0.643. The highest BCUT2D eigenvalue weighted by Crippen LogP contribution is 2.21. The summed E-state index contributed by atoms with van der Waals surface area (Å²) in [5.74, 6) is 1.39. The lowest BCUT2D eigenvalue weighted by atomic mass is 10.2. The van der Waals surface area contributed by atoms with E-state index in [1.807, 2.05) is 36.6 Å². The van der Waals surface area contributed by atoms with Crippen molar-refractivity contribution in [2.24, 2.45) is 0 Å². The molecular formula is C19H22N4O3S. The molecule has 1 aromatic carbocycles. The van der Waals surface area contributed by atoms with Crippen molar-refractivity contribution < 1.29 is 13.2 Å². The smallest absolute Gasteiger partial charge is 0.240 e. The van der Waals surface area contributed by atoms with Gasteiger partial charge >= 0.3 is 0 Å². The topological polar surface area (TPSA) is 86.1 Å². The maximum absolute atomic E-state index is 12.5. The minimum absolute atomic E-state index is 0.221. The standard InChI is InChI=1S/C19H22N4O3S/c1-3-26-18-8-7-16(14-15(18)2)27(24,25)22-11-13-23-12-10-21-19(23)17-6-4-5-9-20-17/h4-10,12,14,22H,3,11,13H2,1-2H3. The Bertz CT molecular complexity index is 1000. The second-order valence-corrected chi connectivity index (χ2v) is 7.68. The minimum atomic E-state index is -3.60. The van der Waals surface area contributed by atoms with Crippen LogP contribution in [0.1, 0.15) is 12.5 Å². The number of sulfonamides is 1. The first-order valence-corrected chi connectivity index (χ1v) is 10.1. The SMILES string of the molecule is CCOc1ccc(S(=O)(=O)NCCn2ccnc2-c2ccccn2)cc1C. The number of ether oxygens (including phenoxy) is 1. The Morgan fingerprint density at radius 3 is 2.70 bits per heavy atom. The molecule has 27 heavy (non-hydrogen) atoms. The molecule has 2 heterocycles. The molecule has 0 aliphatic carbocycles. The van der Waals surface area contributed by atoms with Crippen LogP contribution in [0, 0.1) is 6.92 Å². The molecule has 0 unspecified atom stereocenters. The fourth-order valence-electron chi connectivity index (χ4n) is 2.71. The zero-order valence-corrected chi connectivity index (χ0v) is 16.1. The normalized spacial score (nSPS) is 11.5. The number of hydrogen-bond acceptors (Lipinski definition) is 5. The van der Waals surface area contributed by atoms with E-state index >= 15 is 0 Å². The van der Waals surface area contributed by atoms with Crippen LogP contribution in [0.15, 0.2) is 59.9 Å². The van der Waals surface area contributed by atoms with E-state index in [0.29, 0.717) is 24.7 Å². The lowest BCUT2D eigenvalue weighted by Crippen LogP contribution is -2.27. The molecule has 142 valence electrons. The van der Waals surface area contributed by atoms with Crippen molar-refractivity contribution in [3.8, 4) is 17.3 Å². The van der Waals surface area contributed by atoms with Gasteiger partial charge in [-0.15, -0.1) is 0 Å². The van der Waals surface area contributed by atoms with Crippen molar-refractivity contribution in [2.45, 2.75) is 25.3 Å². The Hall–Kier alpha value is -2.71. The van der Waals surface area contributed by atoms with Gasteiger partial charge in [-0.05, 0) is 49.7 Å². The van der Waals surface area contributed by atoms with Crippen LogP contribution in [-0.2, 0) is 16.6 Å². The summed E-state index contributed by atoms with van der Waals surface area (Å²) < 4.78 is 35.1. The molecule has 3 rings (SSSR count). The summed E-state index contributed by atoms with van der Waals surface area (Å²) in [6, 6.07) is 10.4. The molecule has 0 saturated heterocycles. The summed E-state index contributed by atoms with van der Waals surface area (Å²) in [4.78, 5) is 8.81. The highest BCUT2D eigenvalue weighted by atomic mass is 32.2. The molecular weight excluding hydrogens is 364 g/mol. The lowest BCUT2D eigenvalue weighted by Gasteiger charge is -2.12. The summed E-state index contributed by atoms with van der Waals surface area (Å²) >= 11 is 0. The largest absolute Gasteiger partial charge is 0.494 e. The van der Waals surface area contributed by atoms with Crippen LogP contribution >= 0.6 is 0 Å². The molecule has 3 aromatic rings. The Morgan fingerprint density at radius 2 is 2.00 bits per heavy atom. The molecule has 0 radical (unpaired) electrons. The molecule has 1 N–H and O–H groups in total. The molecule has 0 spiro atoms. The van der Waals surface area contributed by atoms with Gasteiger partial charge in [-0.2, -0.15) is 0 Å². The predicted molar refractivity (Wildman–Crippen MR) is 103 cm³/mol. The molecule has 8 heteroatoms. The summed E-state index contributed by atoms with van der Waals surface area (Å²) in [6.07, 6.45) is 5.18. The summed E-state index contributed by atoms with van der Waals surface area (Å²) in [7, 11) is -3.60. The van der Waals surface area contributed by atoms with Gasteiger partial charge < -0.3 is 9.30 Å². The molecule has 0 aliphatic heterocycles. The maximum atomic E-state index is 12.5. The fourth-order valence-corrected chi connectivity index (χ4v) is 3.81. The average Bonchev–Trinajstić information content (AvgIpc) is 3.12. The predicted octanol–water partition coefficient (Wildman–Crippen LogP) is 2.63. The van der Waals surface area contributed by atoms with Gasteiger partial charge in [0, 0.05) is 31.7 Å². The first-order valence-electron chi connectivity index (χ1n) is 8.67. The van der Waals surface area contributed by atoms with Crippen LogP contribution in [0.2, 0.25) is 0 Å². The number of pyridine rings is 1. The highest BCUT2D eigenvalue weighted by Gasteiger charge is 2.15. The van der Waals surface area contributed by atoms with Gasteiger partial charge in [0.15, 0.2) is 5.82 Å². The lowest BCUT2D eigenvalue weighted by molar-refractivity contribution is 0.337. The summed E-state index contributed by atoms with van der Waals surface area (Å²) in [5.41, 5.74) is 1.53. The van der Waals surface area contributed by atoms with Crippen LogP contribution in [0.3, 0.4) is 0 Å². The minimum Gasteiger partial charge on any atom is -0.494 e. The first kappa shape index (κ1) is 19.1. The van der Waals surface area contributed by atoms with Gasteiger partial charge in [0.25, 0.3) is 0 Å². The van der Waals surface area contributed by atoms with Crippen molar-refractivity contribution in [1.82, 2.24) is 19.3 Å². The number of imidazole rings is 1. The average molecular weight is 386 g/mol.